The van der Waals surface area contributed by atoms with E-state index >= 15 is 0 Å². The van der Waals surface area contributed by atoms with E-state index in [4.69, 9.17) is 9.15 Å². The molecule has 1 aromatic carbocycles. The van der Waals surface area contributed by atoms with Gasteiger partial charge in [0.2, 0.25) is 0 Å². The van der Waals surface area contributed by atoms with E-state index in [-0.39, 0.29) is 17.6 Å². The van der Waals surface area contributed by atoms with E-state index < -0.39 is 17.5 Å². The Morgan fingerprint density at radius 2 is 1.94 bits per heavy atom. The molecule has 1 amide bonds. The number of ether oxygens (including phenoxy) is 1. The van der Waals surface area contributed by atoms with Crippen molar-refractivity contribution in [3.8, 4) is 0 Å². The Morgan fingerprint density at radius 1 is 1.21 bits per heavy atom. The van der Waals surface area contributed by atoms with Gasteiger partial charge in [-0.1, -0.05) is 45.4 Å². The Morgan fingerprint density at radius 3 is 2.65 bits per heavy atom. The molecule has 0 saturated heterocycles. The number of hydrogen-bond donors (Lipinski definition) is 1. The Labute approximate surface area is 203 Å². The Bertz CT molecular complexity index is 1320. The maximum Gasteiger partial charge on any atom is 0.349 e. The van der Waals surface area contributed by atoms with Gasteiger partial charge in [-0.25, -0.2) is 9.59 Å². The number of benzene rings is 1. The van der Waals surface area contributed by atoms with Gasteiger partial charge >= 0.3 is 11.6 Å². The second kappa shape index (κ2) is 9.37. The second-order valence-corrected chi connectivity index (χ2v) is 10.7. The van der Waals surface area contributed by atoms with Crippen molar-refractivity contribution in [3.63, 3.8) is 0 Å². The zero-order chi connectivity index (χ0) is 24.6. The fraction of sp³-hybridized carbons (Fsp3) is 0.444. The molecule has 1 atom stereocenters. The van der Waals surface area contributed by atoms with Crippen LogP contribution in [0.25, 0.3) is 11.0 Å². The number of nitrogens with one attached hydrogen (secondary N) is 1. The van der Waals surface area contributed by atoms with Gasteiger partial charge in [0.1, 0.15) is 16.1 Å². The SMILES string of the molecule is CCOC(=O)c1c(NC(=O)c2c(C)c3ccccc3oc2=O)sc2c1CCC(C(C)(C)CC)C2. The summed E-state index contributed by atoms with van der Waals surface area (Å²) in [6, 6.07) is 7.12. The van der Waals surface area contributed by atoms with Crippen molar-refractivity contribution in [2.24, 2.45) is 11.3 Å². The highest BCUT2D eigenvalue weighted by Crippen LogP contribution is 2.45. The molecule has 2 aromatic heterocycles. The summed E-state index contributed by atoms with van der Waals surface area (Å²) in [6.07, 6.45) is 3.68. The zero-order valence-electron chi connectivity index (χ0n) is 20.4. The standard InChI is InChI=1S/C27H31NO5S/c1-6-27(4,5)16-12-13-18-20(14-16)34-24(22(18)25(30)32-7-2)28-23(29)21-15(3)17-10-8-9-11-19(17)33-26(21)31/h8-11,16H,6-7,12-14H2,1-5H3,(H,28,29). The minimum Gasteiger partial charge on any atom is -0.462 e. The lowest BCUT2D eigenvalue weighted by Gasteiger charge is -2.36. The molecule has 0 radical (unpaired) electrons. The molecule has 0 saturated carbocycles. The van der Waals surface area contributed by atoms with Crippen LogP contribution in [0.5, 0.6) is 0 Å². The van der Waals surface area contributed by atoms with Gasteiger partial charge in [-0.15, -0.1) is 11.3 Å². The van der Waals surface area contributed by atoms with Gasteiger partial charge in [0, 0.05) is 10.3 Å². The fourth-order valence-corrected chi connectivity index (χ4v) is 6.09. The number of rotatable bonds is 6. The number of hydrogen-bond acceptors (Lipinski definition) is 6. The van der Waals surface area contributed by atoms with Gasteiger partial charge in [-0.3, -0.25) is 4.79 Å². The number of amides is 1. The van der Waals surface area contributed by atoms with E-state index in [0.29, 0.717) is 33.0 Å². The number of carbonyl (C=O) groups excluding carboxylic acids is 2. The molecular weight excluding hydrogens is 450 g/mol. The number of thiophene rings is 1. The van der Waals surface area contributed by atoms with Crippen LogP contribution in [0.2, 0.25) is 0 Å². The van der Waals surface area contributed by atoms with Crippen LogP contribution in [-0.4, -0.2) is 18.5 Å². The number of para-hydroxylation sites is 1. The van der Waals surface area contributed by atoms with Gasteiger partial charge in [0.05, 0.1) is 12.2 Å². The first-order valence-corrected chi connectivity index (χ1v) is 12.6. The lowest BCUT2D eigenvalue weighted by molar-refractivity contribution is 0.0526. The molecule has 0 aliphatic heterocycles. The summed E-state index contributed by atoms with van der Waals surface area (Å²) < 4.78 is 10.7. The summed E-state index contributed by atoms with van der Waals surface area (Å²) in [5.41, 5.74) is 1.81. The summed E-state index contributed by atoms with van der Waals surface area (Å²) in [7, 11) is 0. The molecule has 0 fully saturated rings. The highest BCUT2D eigenvalue weighted by atomic mass is 32.1. The highest BCUT2D eigenvalue weighted by Gasteiger charge is 2.36. The van der Waals surface area contributed by atoms with Gasteiger partial charge in [0.15, 0.2) is 0 Å². The average Bonchev–Trinajstić information content (AvgIpc) is 3.16. The third kappa shape index (κ3) is 4.29. The van der Waals surface area contributed by atoms with Crippen molar-refractivity contribution in [2.75, 3.05) is 11.9 Å². The van der Waals surface area contributed by atoms with E-state index in [1.54, 1.807) is 26.0 Å². The van der Waals surface area contributed by atoms with Crippen LogP contribution in [0.4, 0.5) is 5.00 Å². The molecule has 1 aliphatic carbocycles. The molecular formula is C27H31NO5S. The van der Waals surface area contributed by atoms with Crippen LogP contribution < -0.4 is 10.9 Å². The molecule has 2 heterocycles. The summed E-state index contributed by atoms with van der Waals surface area (Å²) in [6.45, 7) is 10.5. The van der Waals surface area contributed by atoms with Crippen molar-refractivity contribution in [3.05, 3.63) is 61.8 Å². The molecule has 34 heavy (non-hydrogen) atoms. The van der Waals surface area contributed by atoms with Crippen molar-refractivity contribution in [2.45, 2.75) is 60.3 Å². The van der Waals surface area contributed by atoms with Crippen molar-refractivity contribution < 1.29 is 18.7 Å². The number of aryl methyl sites for hydroxylation is 1. The predicted molar refractivity (Wildman–Crippen MR) is 135 cm³/mol. The summed E-state index contributed by atoms with van der Waals surface area (Å²) in [5, 5.41) is 4.00. The normalized spacial score (nSPS) is 15.7. The first-order valence-electron chi connectivity index (χ1n) is 11.8. The topological polar surface area (TPSA) is 85.6 Å². The van der Waals surface area contributed by atoms with Crippen LogP contribution >= 0.6 is 11.3 Å². The number of esters is 1. The number of carbonyl (C=O) groups is 2. The number of fused-ring (bicyclic) bond motifs is 2. The largest absolute Gasteiger partial charge is 0.462 e. The Balaban J connectivity index is 1.74. The van der Waals surface area contributed by atoms with Crippen LogP contribution in [-0.2, 0) is 17.6 Å². The minimum absolute atomic E-state index is 0.0510. The summed E-state index contributed by atoms with van der Waals surface area (Å²) in [5.74, 6) is -0.519. The molecule has 1 aliphatic rings. The smallest absolute Gasteiger partial charge is 0.349 e. The van der Waals surface area contributed by atoms with Crippen LogP contribution in [0.15, 0.2) is 33.5 Å². The number of anilines is 1. The van der Waals surface area contributed by atoms with Crippen LogP contribution in [0.3, 0.4) is 0 Å². The van der Waals surface area contributed by atoms with E-state index in [1.165, 1.54) is 11.3 Å². The first kappa shape index (κ1) is 24.2. The molecule has 180 valence electrons. The second-order valence-electron chi connectivity index (χ2n) is 9.55. The van der Waals surface area contributed by atoms with Crippen LogP contribution in [0, 0.1) is 18.3 Å². The third-order valence-electron chi connectivity index (χ3n) is 7.29. The average molecular weight is 482 g/mol. The van der Waals surface area contributed by atoms with E-state index in [1.807, 2.05) is 12.1 Å². The maximum absolute atomic E-state index is 13.3. The molecule has 4 rings (SSSR count). The van der Waals surface area contributed by atoms with Gasteiger partial charge in [-0.2, -0.15) is 0 Å². The van der Waals surface area contributed by atoms with Gasteiger partial charge in [-0.05, 0) is 61.6 Å². The summed E-state index contributed by atoms with van der Waals surface area (Å²) >= 11 is 1.42. The molecule has 1 N–H and O–H groups in total. The monoisotopic (exact) mass is 481 g/mol. The van der Waals surface area contributed by atoms with Gasteiger partial charge < -0.3 is 14.5 Å². The summed E-state index contributed by atoms with van der Waals surface area (Å²) in [4.78, 5) is 40.0. The molecule has 7 heteroatoms. The van der Waals surface area contributed by atoms with Crippen molar-refractivity contribution in [1.82, 2.24) is 0 Å². The minimum atomic E-state index is -0.697. The molecule has 0 spiro atoms. The lowest BCUT2D eigenvalue weighted by atomic mass is 9.69. The highest BCUT2D eigenvalue weighted by molar-refractivity contribution is 7.17. The first-order chi connectivity index (χ1) is 16.2. The fourth-order valence-electron chi connectivity index (χ4n) is 4.78. The maximum atomic E-state index is 13.3. The molecule has 6 nitrogen and oxygen atoms in total. The Hall–Kier alpha value is -2.93. The van der Waals surface area contributed by atoms with Crippen LogP contribution in [0.1, 0.15) is 77.3 Å². The van der Waals surface area contributed by atoms with E-state index in [2.05, 4.69) is 26.1 Å². The van der Waals surface area contributed by atoms with Gasteiger partial charge in [0.25, 0.3) is 5.91 Å². The Kier molecular flexibility index (Phi) is 6.67. The van der Waals surface area contributed by atoms with E-state index in [9.17, 15) is 14.4 Å². The molecule has 1 unspecified atom stereocenters. The molecule has 3 aromatic rings. The van der Waals surface area contributed by atoms with Crippen molar-refractivity contribution in [1.29, 1.82) is 0 Å². The zero-order valence-corrected chi connectivity index (χ0v) is 21.2. The van der Waals surface area contributed by atoms with Crippen molar-refractivity contribution >= 4 is 39.2 Å². The molecule has 0 bridgehead atoms. The quantitative estimate of drug-likeness (QED) is 0.338. The van der Waals surface area contributed by atoms with E-state index in [0.717, 1.165) is 36.1 Å². The lowest BCUT2D eigenvalue weighted by Crippen LogP contribution is -2.28. The predicted octanol–water partition coefficient (Wildman–Crippen LogP) is 6.13. The third-order valence-corrected chi connectivity index (χ3v) is 8.46.